The second kappa shape index (κ2) is 8.73. The van der Waals surface area contributed by atoms with E-state index in [1.54, 1.807) is 0 Å². The van der Waals surface area contributed by atoms with Gasteiger partial charge in [-0.3, -0.25) is 4.79 Å². The van der Waals surface area contributed by atoms with E-state index >= 15 is 0 Å². The molecule has 25 heavy (non-hydrogen) atoms. The number of aliphatic hydroxyl groups excluding tert-OH is 1. The first kappa shape index (κ1) is 19.1. The van der Waals surface area contributed by atoms with E-state index in [9.17, 15) is 23.0 Å². The molecule has 1 heterocycles. The van der Waals surface area contributed by atoms with Crippen LogP contribution in [-0.4, -0.2) is 30.2 Å². The molecule has 1 aliphatic rings. The molecule has 0 aliphatic carbocycles. The minimum Gasteiger partial charge on any atom is -0.591 e. The lowest BCUT2D eigenvalue weighted by atomic mass is 10.2. The summed E-state index contributed by atoms with van der Waals surface area (Å²) < 4.78 is 36.6. The Morgan fingerprint density at radius 1 is 1.20 bits per heavy atom. The van der Waals surface area contributed by atoms with E-state index in [0.717, 1.165) is 25.2 Å². The summed E-state index contributed by atoms with van der Waals surface area (Å²) in [4.78, 5) is 22.7. The third-order valence-corrected chi connectivity index (χ3v) is 3.96. The van der Waals surface area contributed by atoms with Crippen LogP contribution < -0.4 is 20.8 Å². The Labute approximate surface area is 143 Å². The van der Waals surface area contributed by atoms with Gasteiger partial charge in [0.25, 0.3) is 5.91 Å². The van der Waals surface area contributed by atoms with Crippen molar-refractivity contribution in [3.05, 3.63) is 59.7 Å². The van der Waals surface area contributed by atoms with Gasteiger partial charge in [0.05, 0.1) is 6.10 Å². The molecule has 3 rings (SSSR count). The Morgan fingerprint density at radius 2 is 1.88 bits per heavy atom. The maximum atomic E-state index is 13.0. The van der Waals surface area contributed by atoms with Crippen LogP contribution in [-0.2, 0) is 4.57 Å². The third-order valence-electron chi connectivity index (χ3n) is 3.26. The topological polar surface area (TPSA) is 101 Å². The van der Waals surface area contributed by atoms with Crippen LogP contribution in [0.4, 0.5) is 14.5 Å². The fourth-order valence-electron chi connectivity index (χ4n) is 1.81. The average molecular weight is 368 g/mol. The van der Waals surface area contributed by atoms with Gasteiger partial charge in [-0.25, -0.2) is 8.78 Å². The molecule has 1 atom stereocenters. The van der Waals surface area contributed by atoms with Crippen molar-refractivity contribution in [3.63, 3.8) is 0 Å². The van der Waals surface area contributed by atoms with Crippen LogP contribution in [0.1, 0.15) is 10.4 Å². The molecule has 1 fully saturated rings. The predicted molar refractivity (Wildman–Crippen MR) is 86.9 cm³/mol. The van der Waals surface area contributed by atoms with Crippen LogP contribution in [0.3, 0.4) is 0 Å². The molecule has 6 nitrogen and oxygen atoms in total. The normalized spacial score (nSPS) is 14.0. The average Bonchev–Trinajstić information content (AvgIpc) is 2.57. The lowest BCUT2D eigenvalue weighted by Crippen LogP contribution is -2.46. The number of benzene rings is 2. The van der Waals surface area contributed by atoms with Crippen LogP contribution in [0.5, 0.6) is 0 Å². The molecule has 1 unspecified atom stereocenters. The van der Waals surface area contributed by atoms with Gasteiger partial charge in [-0.05, 0) is 24.3 Å². The number of hydrogen-bond donors (Lipinski definition) is 3. The summed E-state index contributed by atoms with van der Waals surface area (Å²) in [5.74, 6) is -2.72. The number of halogens is 2. The largest absolute Gasteiger partial charge is 0.591 e. The summed E-state index contributed by atoms with van der Waals surface area (Å²) in [7, 11) is -2.79. The summed E-state index contributed by atoms with van der Waals surface area (Å²) in [6.07, 6.45) is -0.0463. The Bertz CT molecular complexity index is 784. The standard InChI is InChI=1S/C13H8F2NO3P.C3H7NO/c14-11-5-4-9(7-12(11)15)16-13(17)8-2-1-3-10(6-8)20(18)19;5-3-1-4-2-3/h1-7H,(H,16,17);3-5H,1-2H2. The molecule has 1 amide bonds. The lowest BCUT2D eigenvalue weighted by Gasteiger charge is -2.20. The second-order valence-electron chi connectivity index (χ2n) is 5.20. The Balaban J connectivity index is 0.000000386. The highest BCUT2D eigenvalue weighted by molar-refractivity contribution is 7.45. The zero-order valence-corrected chi connectivity index (χ0v) is 13.8. The summed E-state index contributed by atoms with van der Waals surface area (Å²) in [5.41, 5.74) is 0.178. The van der Waals surface area contributed by atoms with E-state index < -0.39 is 25.6 Å². The van der Waals surface area contributed by atoms with Gasteiger partial charge in [-0.1, -0.05) is 10.6 Å². The summed E-state index contributed by atoms with van der Waals surface area (Å²) >= 11 is 0. The van der Waals surface area contributed by atoms with Gasteiger partial charge in [0.15, 0.2) is 16.9 Å². The minimum atomic E-state index is -2.79. The monoisotopic (exact) mass is 368 g/mol. The maximum Gasteiger partial charge on any atom is 0.348 e. The van der Waals surface area contributed by atoms with Gasteiger partial charge >= 0.3 is 8.03 Å². The number of amides is 1. The maximum absolute atomic E-state index is 13.0. The molecule has 2 aromatic rings. The SMILES string of the molecule is O=C(Nc1ccc(F)c(F)c1)c1cccc([P+](=O)[O-])c1.OC1CNC1. The smallest absolute Gasteiger partial charge is 0.348 e. The van der Waals surface area contributed by atoms with Crippen molar-refractivity contribution < 1.29 is 28.1 Å². The number of aliphatic hydroxyl groups is 1. The second-order valence-corrected chi connectivity index (χ2v) is 6.23. The number of β-amino-alcohol motifs (C(OH)–C–C–N with tert-alkyl or cyclic N) is 1. The Kier molecular flexibility index (Phi) is 6.66. The molecule has 0 radical (unpaired) electrons. The van der Waals surface area contributed by atoms with Gasteiger partial charge in [0, 0.05) is 36.5 Å². The van der Waals surface area contributed by atoms with Crippen LogP contribution in [0.15, 0.2) is 42.5 Å². The van der Waals surface area contributed by atoms with E-state index in [1.807, 2.05) is 0 Å². The minimum absolute atomic E-state index is 0.00191. The quantitative estimate of drug-likeness (QED) is 0.699. The van der Waals surface area contributed by atoms with Gasteiger partial charge in [-0.15, -0.1) is 0 Å². The van der Waals surface area contributed by atoms with Crippen molar-refractivity contribution in [3.8, 4) is 0 Å². The van der Waals surface area contributed by atoms with Gasteiger partial charge in [0.2, 0.25) is 0 Å². The molecule has 0 saturated carbocycles. The van der Waals surface area contributed by atoms with Crippen LogP contribution >= 0.6 is 8.03 Å². The molecular formula is C16H15F2N2O4P. The summed E-state index contributed by atoms with van der Waals surface area (Å²) in [5, 5.41) is 13.6. The van der Waals surface area contributed by atoms with Crippen molar-refractivity contribution in [2.24, 2.45) is 0 Å². The number of carbonyl (C=O) groups excluding carboxylic acids is 1. The summed E-state index contributed by atoms with van der Waals surface area (Å²) in [6.45, 7) is 1.58. The number of nitrogens with one attached hydrogen (secondary N) is 2. The molecule has 0 spiro atoms. The van der Waals surface area contributed by atoms with Crippen LogP contribution in [0.2, 0.25) is 0 Å². The molecule has 0 bridgehead atoms. The predicted octanol–water partition coefficient (Wildman–Crippen LogP) is 0.896. The van der Waals surface area contributed by atoms with E-state index in [0.29, 0.717) is 0 Å². The molecule has 1 saturated heterocycles. The number of rotatable bonds is 3. The van der Waals surface area contributed by atoms with Crippen molar-refractivity contribution in [2.75, 3.05) is 18.4 Å². The first-order valence-electron chi connectivity index (χ1n) is 7.26. The van der Waals surface area contributed by atoms with Crippen molar-refractivity contribution in [2.45, 2.75) is 6.10 Å². The molecule has 3 N–H and O–H groups in total. The highest BCUT2D eigenvalue weighted by Gasteiger charge is 2.13. The van der Waals surface area contributed by atoms with Crippen LogP contribution in [0.25, 0.3) is 0 Å². The fraction of sp³-hybridized carbons (Fsp3) is 0.188. The van der Waals surface area contributed by atoms with Crippen molar-refractivity contribution >= 4 is 24.9 Å². The molecule has 9 heteroatoms. The number of hydrogen-bond acceptors (Lipinski definition) is 5. The zero-order valence-electron chi connectivity index (χ0n) is 12.9. The Morgan fingerprint density at radius 3 is 2.40 bits per heavy atom. The molecular weight excluding hydrogens is 353 g/mol. The zero-order chi connectivity index (χ0) is 18.4. The van der Waals surface area contributed by atoms with Gasteiger partial charge in [0.1, 0.15) is 0 Å². The van der Waals surface area contributed by atoms with Crippen molar-refractivity contribution in [1.29, 1.82) is 0 Å². The third kappa shape index (κ3) is 5.65. The Hall–Kier alpha value is -2.25. The van der Waals surface area contributed by atoms with E-state index in [2.05, 4.69) is 10.6 Å². The molecule has 132 valence electrons. The van der Waals surface area contributed by atoms with E-state index in [4.69, 9.17) is 5.11 Å². The number of carbonyl (C=O) groups is 1. The van der Waals surface area contributed by atoms with Gasteiger partial charge < -0.3 is 20.6 Å². The molecule has 0 aromatic heterocycles. The van der Waals surface area contributed by atoms with Crippen molar-refractivity contribution in [1.82, 2.24) is 5.32 Å². The lowest BCUT2D eigenvalue weighted by molar-refractivity contribution is -0.160. The summed E-state index contributed by atoms with van der Waals surface area (Å²) in [6, 6.07) is 8.30. The highest BCUT2D eigenvalue weighted by atomic mass is 31.1. The van der Waals surface area contributed by atoms with E-state index in [-0.39, 0.29) is 22.7 Å². The molecule has 2 aromatic carbocycles. The van der Waals surface area contributed by atoms with Crippen LogP contribution in [0, 0.1) is 11.6 Å². The van der Waals surface area contributed by atoms with Gasteiger partial charge in [-0.2, -0.15) is 0 Å². The fourth-order valence-corrected chi connectivity index (χ4v) is 2.26. The highest BCUT2D eigenvalue weighted by Crippen LogP contribution is 2.15. The first-order valence-corrected chi connectivity index (χ1v) is 8.44. The van der Waals surface area contributed by atoms with E-state index in [1.165, 1.54) is 30.3 Å². The first-order chi connectivity index (χ1) is 11.9. The number of anilines is 1. The molecule has 1 aliphatic heterocycles.